The molecule has 0 bridgehead atoms. The summed E-state index contributed by atoms with van der Waals surface area (Å²) in [6.07, 6.45) is 4.83. The Morgan fingerprint density at radius 3 is 2.66 bits per heavy atom. The zero-order valence-corrected chi connectivity index (χ0v) is 17.7. The summed E-state index contributed by atoms with van der Waals surface area (Å²) in [5.74, 6) is 0. The van der Waals surface area contributed by atoms with Gasteiger partial charge >= 0.3 is 6.03 Å². The average molecular weight is 417 g/mol. The van der Waals surface area contributed by atoms with Crippen LogP contribution in [0.1, 0.15) is 25.5 Å². The molecule has 2 amide bonds. The van der Waals surface area contributed by atoms with E-state index in [2.05, 4.69) is 15.0 Å². The fourth-order valence-electron chi connectivity index (χ4n) is 3.84. The zero-order valence-electron chi connectivity index (χ0n) is 16.8. The van der Waals surface area contributed by atoms with Crippen molar-refractivity contribution in [1.29, 1.82) is 0 Å². The number of rotatable bonds is 6. The second kappa shape index (κ2) is 9.37. The number of likely N-dealkylation sites (tertiary alicyclic amines) is 1. The van der Waals surface area contributed by atoms with Crippen LogP contribution in [-0.4, -0.2) is 55.8 Å². The first-order valence-electron chi connectivity index (χ1n) is 9.89. The van der Waals surface area contributed by atoms with E-state index in [-0.39, 0.29) is 18.1 Å². The number of hydrogen-bond donors (Lipinski definition) is 2. The number of sulfonamides is 1. The number of hydrogen-bond acceptors (Lipinski definition) is 4. The van der Waals surface area contributed by atoms with Crippen LogP contribution in [0.4, 0.5) is 4.79 Å². The summed E-state index contributed by atoms with van der Waals surface area (Å²) in [4.78, 5) is 18.9. The highest BCUT2D eigenvalue weighted by Gasteiger charge is 2.36. The molecule has 156 valence electrons. The number of nitrogens with one attached hydrogen (secondary N) is 2. The number of amides is 2. The lowest BCUT2D eigenvalue weighted by Gasteiger charge is -2.41. The molecule has 1 aromatic heterocycles. The number of nitrogens with zero attached hydrogens (tertiary/aromatic N) is 2. The molecule has 8 heteroatoms. The van der Waals surface area contributed by atoms with Gasteiger partial charge in [0.05, 0.1) is 12.3 Å². The van der Waals surface area contributed by atoms with E-state index < -0.39 is 10.0 Å². The Morgan fingerprint density at radius 1 is 1.21 bits per heavy atom. The van der Waals surface area contributed by atoms with Crippen LogP contribution in [0.15, 0.2) is 48.7 Å². The molecule has 0 radical (unpaired) electrons. The number of carbonyl (C=O) groups excluding carboxylic acids is 1. The molecule has 2 N–H and O–H groups in total. The molecule has 2 heterocycles. The van der Waals surface area contributed by atoms with Gasteiger partial charge in [-0.15, -0.1) is 0 Å². The van der Waals surface area contributed by atoms with Crippen LogP contribution in [0.25, 0.3) is 11.1 Å². The monoisotopic (exact) mass is 416 g/mol. The van der Waals surface area contributed by atoms with Crippen LogP contribution in [0.3, 0.4) is 0 Å². The van der Waals surface area contributed by atoms with E-state index in [4.69, 9.17) is 0 Å². The fraction of sp³-hybridized carbons (Fsp3) is 0.429. The Labute approximate surface area is 172 Å². The van der Waals surface area contributed by atoms with E-state index >= 15 is 0 Å². The molecule has 1 aliphatic rings. The van der Waals surface area contributed by atoms with Crippen molar-refractivity contribution in [3.05, 3.63) is 54.4 Å². The highest BCUT2D eigenvalue weighted by molar-refractivity contribution is 7.88. The van der Waals surface area contributed by atoms with Gasteiger partial charge in [0, 0.05) is 37.4 Å². The molecular formula is C21H28N4O3S. The lowest BCUT2D eigenvalue weighted by atomic mass is 9.92. The van der Waals surface area contributed by atoms with E-state index in [1.54, 1.807) is 11.1 Å². The molecular weight excluding hydrogens is 388 g/mol. The van der Waals surface area contributed by atoms with Crippen LogP contribution in [-0.2, 0) is 16.4 Å². The van der Waals surface area contributed by atoms with Gasteiger partial charge in [0.2, 0.25) is 10.0 Å². The Bertz CT molecular complexity index is 934. The maximum absolute atomic E-state index is 12.6. The lowest BCUT2D eigenvalue weighted by molar-refractivity contribution is 0.133. The van der Waals surface area contributed by atoms with Crippen molar-refractivity contribution in [2.45, 2.75) is 38.3 Å². The van der Waals surface area contributed by atoms with Gasteiger partial charge in [-0.2, -0.15) is 0 Å². The van der Waals surface area contributed by atoms with Crippen molar-refractivity contribution in [3.63, 3.8) is 0 Å². The molecule has 2 aromatic rings. The summed E-state index contributed by atoms with van der Waals surface area (Å²) in [7, 11) is -3.39. The largest absolute Gasteiger partial charge is 0.338 e. The Morgan fingerprint density at radius 2 is 1.97 bits per heavy atom. The minimum atomic E-state index is -3.39. The third-order valence-electron chi connectivity index (χ3n) is 5.08. The van der Waals surface area contributed by atoms with Crippen LogP contribution in [0, 0.1) is 0 Å². The second-order valence-electron chi connectivity index (χ2n) is 7.34. The molecule has 3 rings (SSSR count). The normalized spacial score (nSPS) is 19.7. The van der Waals surface area contributed by atoms with Gasteiger partial charge in [-0.1, -0.05) is 30.3 Å². The summed E-state index contributed by atoms with van der Waals surface area (Å²) >= 11 is 0. The van der Waals surface area contributed by atoms with Gasteiger partial charge in [-0.3, -0.25) is 4.98 Å². The predicted molar refractivity (Wildman–Crippen MR) is 114 cm³/mol. The zero-order chi connectivity index (χ0) is 20.9. The molecule has 7 nitrogen and oxygen atoms in total. The first-order valence-corrected chi connectivity index (χ1v) is 11.8. The van der Waals surface area contributed by atoms with Crippen LogP contribution in [0.2, 0.25) is 0 Å². The quantitative estimate of drug-likeness (QED) is 0.756. The summed E-state index contributed by atoms with van der Waals surface area (Å²) in [6.45, 7) is 2.98. The molecule has 1 aromatic carbocycles. The molecule has 0 spiro atoms. The van der Waals surface area contributed by atoms with Crippen molar-refractivity contribution in [3.8, 4) is 11.1 Å². The first kappa shape index (κ1) is 21.3. The van der Waals surface area contributed by atoms with E-state index in [9.17, 15) is 13.2 Å². The van der Waals surface area contributed by atoms with E-state index in [1.165, 1.54) is 0 Å². The number of carbonyl (C=O) groups is 1. The molecule has 0 unspecified atom stereocenters. The van der Waals surface area contributed by atoms with Crippen LogP contribution in [0.5, 0.6) is 0 Å². The van der Waals surface area contributed by atoms with Gasteiger partial charge in [0.1, 0.15) is 0 Å². The maximum Gasteiger partial charge on any atom is 0.317 e. The van der Waals surface area contributed by atoms with Gasteiger partial charge in [0.15, 0.2) is 0 Å². The van der Waals surface area contributed by atoms with Crippen LogP contribution >= 0.6 is 0 Å². The minimum absolute atomic E-state index is 0.170. The van der Waals surface area contributed by atoms with Crippen LogP contribution < -0.4 is 10.0 Å². The topological polar surface area (TPSA) is 91.4 Å². The smallest absolute Gasteiger partial charge is 0.317 e. The molecule has 1 saturated heterocycles. The summed E-state index contributed by atoms with van der Waals surface area (Å²) in [5.41, 5.74) is 2.96. The molecule has 1 fully saturated rings. The first-order chi connectivity index (χ1) is 13.9. The number of urea groups is 1. The van der Waals surface area contributed by atoms with Gasteiger partial charge in [0.25, 0.3) is 0 Å². The highest BCUT2D eigenvalue weighted by Crippen LogP contribution is 2.24. The number of piperidine rings is 1. The molecule has 29 heavy (non-hydrogen) atoms. The third kappa shape index (κ3) is 5.77. The average Bonchev–Trinajstić information content (AvgIpc) is 2.69. The second-order valence-corrected chi connectivity index (χ2v) is 9.12. The van der Waals surface area contributed by atoms with E-state index in [0.29, 0.717) is 25.9 Å². The van der Waals surface area contributed by atoms with Crippen molar-refractivity contribution in [2.75, 3.05) is 19.3 Å². The van der Waals surface area contributed by atoms with E-state index in [1.807, 2.05) is 49.4 Å². The predicted octanol–water partition coefficient (Wildman–Crippen LogP) is 2.40. The summed E-state index contributed by atoms with van der Waals surface area (Å²) in [6, 6.07) is 13.2. The number of aromatic nitrogens is 1. The lowest BCUT2D eigenvalue weighted by Crippen LogP contribution is -2.59. The van der Waals surface area contributed by atoms with E-state index in [0.717, 1.165) is 29.5 Å². The number of benzene rings is 1. The van der Waals surface area contributed by atoms with Crippen molar-refractivity contribution >= 4 is 16.1 Å². The molecule has 0 saturated carbocycles. The highest BCUT2D eigenvalue weighted by atomic mass is 32.2. The van der Waals surface area contributed by atoms with Crippen molar-refractivity contribution in [2.24, 2.45) is 0 Å². The van der Waals surface area contributed by atoms with Gasteiger partial charge in [-0.25, -0.2) is 17.9 Å². The third-order valence-corrected chi connectivity index (χ3v) is 5.81. The van der Waals surface area contributed by atoms with Gasteiger partial charge < -0.3 is 10.2 Å². The molecule has 0 aliphatic carbocycles. The maximum atomic E-state index is 12.6. The number of pyridine rings is 1. The standard InChI is InChI=1S/C21H28N4O3S/c1-3-22-21(26)25-13-7-10-19(24-29(2,27)28)20(25)15-18-14-17(11-12-23-18)16-8-5-4-6-9-16/h4-6,8-9,11-12,14,19-20,24H,3,7,10,13,15H2,1-2H3,(H,22,26)/t19-,20-/m0/s1. The van der Waals surface area contributed by atoms with Gasteiger partial charge in [-0.05, 0) is 43.0 Å². The minimum Gasteiger partial charge on any atom is -0.338 e. The Hall–Kier alpha value is -2.45. The summed E-state index contributed by atoms with van der Waals surface area (Å²) < 4.78 is 26.5. The molecule has 2 atom stereocenters. The van der Waals surface area contributed by atoms with Crippen molar-refractivity contribution < 1.29 is 13.2 Å². The van der Waals surface area contributed by atoms with Crippen molar-refractivity contribution in [1.82, 2.24) is 19.9 Å². The SMILES string of the molecule is CCNC(=O)N1CCC[C@H](NS(C)(=O)=O)[C@@H]1Cc1cc(-c2ccccc2)ccn1. The Kier molecular flexibility index (Phi) is 6.87. The fourth-order valence-corrected chi connectivity index (χ4v) is 4.67. The molecule has 1 aliphatic heterocycles. The Balaban J connectivity index is 1.89. The summed E-state index contributed by atoms with van der Waals surface area (Å²) in [5, 5.41) is 2.84.